The van der Waals surface area contributed by atoms with Gasteiger partial charge < -0.3 is 19.9 Å². The summed E-state index contributed by atoms with van der Waals surface area (Å²) in [5.74, 6) is -2.23. The number of hydrogen-bond donors (Lipinski definition) is 2. The van der Waals surface area contributed by atoms with Crippen molar-refractivity contribution in [3.63, 3.8) is 0 Å². The SMILES string of the molecule is COC(=O)CN1C(=O)N/C(=C/c2cc(Br)c(OCC(=O)O)c(Br)c2)C1=O. The molecule has 3 amide bonds. The number of amides is 3. The number of nitrogens with one attached hydrogen (secondary N) is 1. The van der Waals surface area contributed by atoms with Gasteiger partial charge in [-0.25, -0.2) is 14.5 Å². The summed E-state index contributed by atoms with van der Waals surface area (Å²) in [6, 6.07) is 2.43. The van der Waals surface area contributed by atoms with E-state index in [-0.39, 0.29) is 11.4 Å². The number of imide groups is 1. The summed E-state index contributed by atoms with van der Waals surface area (Å²) in [4.78, 5) is 46.7. The maximum Gasteiger partial charge on any atom is 0.341 e. The van der Waals surface area contributed by atoms with E-state index in [2.05, 4.69) is 41.9 Å². The maximum absolute atomic E-state index is 12.2. The lowest BCUT2D eigenvalue weighted by atomic mass is 10.2. The second-order valence-electron chi connectivity index (χ2n) is 4.95. The fourth-order valence-electron chi connectivity index (χ4n) is 2.01. The zero-order chi connectivity index (χ0) is 19.4. The van der Waals surface area contributed by atoms with Crippen LogP contribution in [0.5, 0.6) is 5.75 Å². The molecule has 11 heteroatoms. The molecule has 0 aliphatic carbocycles. The summed E-state index contributed by atoms with van der Waals surface area (Å²) >= 11 is 6.51. The lowest BCUT2D eigenvalue weighted by molar-refractivity contribution is -0.143. The molecule has 0 radical (unpaired) electrons. The Hall–Kier alpha value is -2.40. The van der Waals surface area contributed by atoms with Gasteiger partial charge in [-0.3, -0.25) is 9.59 Å². The number of ether oxygens (including phenoxy) is 2. The Morgan fingerprint density at radius 1 is 1.27 bits per heavy atom. The quantitative estimate of drug-likeness (QED) is 0.353. The second kappa shape index (κ2) is 8.32. The van der Waals surface area contributed by atoms with Gasteiger partial charge >= 0.3 is 18.0 Å². The van der Waals surface area contributed by atoms with Crippen molar-refractivity contribution in [3.05, 3.63) is 32.3 Å². The maximum atomic E-state index is 12.2. The minimum atomic E-state index is -1.13. The van der Waals surface area contributed by atoms with Crippen molar-refractivity contribution in [2.24, 2.45) is 0 Å². The van der Waals surface area contributed by atoms with E-state index in [0.717, 1.165) is 12.0 Å². The van der Waals surface area contributed by atoms with Crippen LogP contribution in [-0.4, -0.2) is 54.1 Å². The first-order valence-electron chi connectivity index (χ1n) is 6.98. The van der Waals surface area contributed by atoms with Gasteiger partial charge in [0.1, 0.15) is 18.0 Å². The van der Waals surface area contributed by atoms with Gasteiger partial charge in [0.05, 0.1) is 16.1 Å². The number of nitrogens with zero attached hydrogens (tertiary/aromatic N) is 1. The van der Waals surface area contributed by atoms with Crippen molar-refractivity contribution >= 4 is 61.8 Å². The fraction of sp³-hybridized carbons (Fsp3) is 0.200. The number of halogens is 2. The Kier molecular flexibility index (Phi) is 6.37. The number of carbonyl (C=O) groups is 4. The lowest BCUT2D eigenvalue weighted by Gasteiger charge is -2.10. The van der Waals surface area contributed by atoms with Crippen molar-refractivity contribution in [2.45, 2.75) is 0 Å². The first kappa shape index (κ1) is 19.9. The number of urea groups is 1. The van der Waals surface area contributed by atoms with Gasteiger partial charge in [0.2, 0.25) is 0 Å². The molecule has 0 atom stereocenters. The molecule has 0 unspecified atom stereocenters. The Labute approximate surface area is 164 Å². The van der Waals surface area contributed by atoms with Crippen molar-refractivity contribution in [3.8, 4) is 5.75 Å². The third-order valence-corrected chi connectivity index (χ3v) is 4.33. The molecule has 0 spiro atoms. The zero-order valence-electron chi connectivity index (χ0n) is 13.2. The smallest absolute Gasteiger partial charge is 0.341 e. The molecule has 0 bridgehead atoms. The molecule has 138 valence electrons. The van der Waals surface area contributed by atoms with Crippen LogP contribution in [0.4, 0.5) is 4.79 Å². The molecule has 0 aromatic heterocycles. The fourth-order valence-corrected chi connectivity index (χ4v) is 3.46. The van der Waals surface area contributed by atoms with Crippen LogP contribution in [0.2, 0.25) is 0 Å². The van der Waals surface area contributed by atoms with Gasteiger partial charge in [-0.15, -0.1) is 0 Å². The van der Waals surface area contributed by atoms with Crippen LogP contribution in [0.1, 0.15) is 5.56 Å². The highest BCUT2D eigenvalue weighted by Gasteiger charge is 2.35. The molecule has 26 heavy (non-hydrogen) atoms. The molecule has 2 rings (SSSR count). The van der Waals surface area contributed by atoms with Crippen molar-refractivity contribution in [1.29, 1.82) is 0 Å². The molecule has 1 aromatic rings. The Morgan fingerprint density at radius 2 is 1.88 bits per heavy atom. The largest absolute Gasteiger partial charge is 0.480 e. The molecular weight excluding hydrogens is 480 g/mol. The average molecular weight is 492 g/mol. The summed E-state index contributed by atoms with van der Waals surface area (Å²) in [6.07, 6.45) is 1.41. The van der Waals surface area contributed by atoms with Gasteiger partial charge in [0, 0.05) is 0 Å². The molecule has 1 heterocycles. The monoisotopic (exact) mass is 490 g/mol. The number of aliphatic carboxylic acids is 1. The second-order valence-corrected chi connectivity index (χ2v) is 6.66. The normalized spacial score (nSPS) is 15.2. The number of benzene rings is 1. The van der Waals surface area contributed by atoms with E-state index in [9.17, 15) is 19.2 Å². The van der Waals surface area contributed by atoms with E-state index in [4.69, 9.17) is 9.84 Å². The van der Waals surface area contributed by atoms with Gasteiger partial charge in [-0.2, -0.15) is 0 Å². The van der Waals surface area contributed by atoms with Crippen LogP contribution in [0, 0.1) is 0 Å². The van der Waals surface area contributed by atoms with Crippen LogP contribution in [0.3, 0.4) is 0 Å². The summed E-state index contributed by atoms with van der Waals surface area (Å²) < 4.78 is 10.5. The Balaban J connectivity index is 2.24. The van der Waals surface area contributed by atoms with Gasteiger partial charge in [0.15, 0.2) is 6.61 Å². The van der Waals surface area contributed by atoms with E-state index in [0.29, 0.717) is 14.5 Å². The highest BCUT2D eigenvalue weighted by atomic mass is 79.9. The highest BCUT2D eigenvalue weighted by Crippen LogP contribution is 2.35. The first-order valence-corrected chi connectivity index (χ1v) is 8.56. The van der Waals surface area contributed by atoms with Crippen LogP contribution < -0.4 is 10.1 Å². The number of esters is 1. The predicted molar refractivity (Wildman–Crippen MR) is 95.2 cm³/mol. The Morgan fingerprint density at radius 3 is 2.42 bits per heavy atom. The molecule has 1 aliphatic heterocycles. The van der Waals surface area contributed by atoms with Crippen molar-refractivity contribution in [2.75, 3.05) is 20.3 Å². The third kappa shape index (κ3) is 4.61. The standard InChI is InChI=1S/C15H12Br2N2O7/c1-25-12(22)5-19-14(23)10(18-15(19)24)4-7-2-8(16)13(9(17)3-7)26-6-11(20)21/h2-4H,5-6H2,1H3,(H,18,24)(H,20,21)/b10-4+. The number of carboxylic acid groups (broad SMARTS) is 1. The minimum Gasteiger partial charge on any atom is -0.480 e. The van der Waals surface area contributed by atoms with E-state index in [1.165, 1.54) is 6.08 Å². The van der Waals surface area contributed by atoms with Gasteiger partial charge in [-0.05, 0) is 55.6 Å². The number of rotatable bonds is 6. The van der Waals surface area contributed by atoms with E-state index in [1.54, 1.807) is 12.1 Å². The minimum absolute atomic E-state index is 0.0168. The van der Waals surface area contributed by atoms with Gasteiger partial charge in [-0.1, -0.05) is 0 Å². The summed E-state index contributed by atoms with van der Waals surface area (Å²) in [5.41, 5.74) is 0.506. The number of methoxy groups -OCH3 is 1. The molecule has 1 aromatic carbocycles. The zero-order valence-corrected chi connectivity index (χ0v) is 16.4. The molecule has 9 nitrogen and oxygen atoms in total. The topological polar surface area (TPSA) is 122 Å². The van der Waals surface area contributed by atoms with Gasteiger partial charge in [0.25, 0.3) is 5.91 Å². The molecular formula is C15H12Br2N2O7. The average Bonchev–Trinajstić information content (AvgIpc) is 2.81. The molecule has 1 saturated heterocycles. The van der Waals surface area contributed by atoms with E-state index < -0.39 is 37.0 Å². The third-order valence-electron chi connectivity index (χ3n) is 3.15. The predicted octanol–water partition coefficient (Wildman–Crippen LogP) is 1.74. The number of carboxylic acids is 1. The number of carbonyl (C=O) groups excluding carboxylic acids is 3. The van der Waals surface area contributed by atoms with Crippen LogP contribution in [0.15, 0.2) is 26.8 Å². The first-order chi connectivity index (χ1) is 12.2. The highest BCUT2D eigenvalue weighted by molar-refractivity contribution is 9.11. The van der Waals surface area contributed by atoms with Crippen LogP contribution in [0.25, 0.3) is 6.08 Å². The van der Waals surface area contributed by atoms with Crippen molar-refractivity contribution in [1.82, 2.24) is 10.2 Å². The summed E-state index contributed by atoms with van der Waals surface area (Å²) in [5, 5.41) is 11.1. The molecule has 1 aliphatic rings. The molecule has 0 saturated carbocycles. The van der Waals surface area contributed by atoms with Crippen LogP contribution >= 0.6 is 31.9 Å². The van der Waals surface area contributed by atoms with Crippen molar-refractivity contribution < 1.29 is 33.8 Å². The lowest BCUT2D eigenvalue weighted by Crippen LogP contribution is -2.36. The molecule has 1 fully saturated rings. The molecule has 2 N–H and O–H groups in total. The summed E-state index contributed by atoms with van der Waals surface area (Å²) in [7, 11) is 1.15. The number of hydrogen-bond acceptors (Lipinski definition) is 6. The van der Waals surface area contributed by atoms with E-state index >= 15 is 0 Å². The Bertz CT molecular complexity index is 799. The van der Waals surface area contributed by atoms with E-state index in [1.807, 2.05) is 0 Å². The summed E-state index contributed by atoms with van der Waals surface area (Å²) in [6.45, 7) is -1.01. The van der Waals surface area contributed by atoms with Crippen LogP contribution in [-0.2, 0) is 19.1 Å².